The van der Waals surface area contributed by atoms with E-state index in [2.05, 4.69) is 34.0 Å². The van der Waals surface area contributed by atoms with Crippen molar-refractivity contribution in [3.63, 3.8) is 0 Å². The van der Waals surface area contributed by atoms with Crippen LogP contribution in [0.15, 0.2) is 39.7 Å². The molecule has 4 N–H and O–H groups in total. The Morgan fingerprint density at radius 3 is 2.76 bits per heavy atom. The van der Waals surface area contributed by atoms with Gasteiger partial charge in [-0.15, -0.1) is 0 Å². The van der Waals surface area contributed by atoms with Crippen LogP contribution in [0.5, 0.6) is 11.7 Å². The van der Waals surface area contributed by atoms with Crippen LogP contribution in [0.4, 0.5) is 0 Å². The molecule has 0 aliphatic carbocycles. The summed E-state index contributed by atoms with van der Waals surface area (Å²) in [6.07, 6.45) is 0. The second kappa shape index (κ2) is 9.02. The molecule has 3 aromatic rings. The fourth-order valence-electron chi connectivity index (χ4n) is 2.85. The van der Waals surface area contributed by atoms with Gasteiger partial charge in [-0.1, -0.05) is 25.4 Å². The number of furan rings is 1. The number of guanidine groups is 1. The maximum Gasteiger partial charge on any atom is 0.296 e. The zero-order valence-corrected chi connectivity index (χ0v) is 17.3. The Hall–Kier alpha value is -2.97. The molecule has 0 aliphatic rings. The lowest BCUT2D eigenvalue weighted by atomic mass is 10.2. The van der Waals surface area contributed by atoms with E-state index in [1.807, 2.05) is 6.07 Å². The second-order valence-electron chi connectivity index (χ2n) is 6.39. The van der Waals surface area contributed by atoms with Crippen LogP contribution in [0.2, 0.25) is 5.02 Å². The van der Waals surface area contributed by atoms with Crippen molar-refractivity contribution in [1.29, 1.82) is 0 Å². The first kappa shape index (κ1) is 20.8. The number of benzene rings is 1. The van der Waals surface area contributed by atoms with Gasteiger partial charge in [0.25, 0.3) is 11.9 Å². The van der Waals surface area contributed by atoms with Crippen molar-refractivity contribution in [1.82, 2.24) is 15.2 Å². The van der Waals surface area contributed by atoms with Gasteiger partial charge in [0.1, 0.15) is 17.2 Å². The molecule has 1 aromatic carbocycles. The highest BCUT2D eigenvalue weighted by Crippen LogP contribution is 2.33. The smallest absolute Gasteiger partial charge is 0.296 e. The third-order valence-corrected chi connectivity index (χ3v) is 4.81. The zero-order valence-electron chi connectivity index (χ0n) is 16.6. The van der Waals surface area contributed by atoms with E-state index in [1.54, 1.807) is 31.3 Å². The van der Waals surface area contributed by atoms with Gasteiger partial charge in [0, 0.05) is 30.6 Å². The molecule has 0 bridgehead atoms. The standard InChI is InChI=1S/C20H24ClN5O3/c1-4-26(5-2)11-12-6-7-18(28-12)29-13-8-15(21)14-10-17(24-16(14)9-13)19(27)25-20(22)23-3/h6-10,24H,4-5,11H2,1-3H3,(H3,22,23,25,27). The third-order valence-electron chi connectivity index (χ3n) is 4.50. The highest BCUT2D eigenvalue weighted by molar-refractivity contribution is 6.35. The number of aliphatic imine (C=N–C) groups is 1. The third kappa shape index (κ3) is 4.90. The van der Waals surface area contributed by atoms with Crippen LogP contribution in [-0.4, -0.2) is 41.9 Å². The average Bonchev–Trinajstić information content (AvgIpc) is 3.33. The lowest BCUT2D eigenvalue weighted by Gasteiger charge is -2.15. The molecule has 0 saturated carbocycles. The van der Waals surface area contributed by atoms with E-state index in [0.29, 0.717) is 34.2 Å². The van der Waals surface area contributed by atoms with E-state index < -0.39 is 5.91 Å². The molecule has 0 fully saturated rings. The van der Waals surface area contributed by atoms with E-state index in [1.165, 1.54) is 0 Å². The number of carbonyl (C=O) groups is 1. The van der Waals surface area contributed by atoms with Crippen molar-refractivity contribution in [2.75, 3.05) is 20.1 Å². The quantitative estimate of drug-likeness (QED) is 0.399. The SMILES string of the molecule is CCN(CC)Cc1ccc(Oc2cc(Cl)c3cc(C(=O)N=C(N)NC)[nH]c3c2)o1. The Morgan fingerprint density at radius 1 is 1.31 bits per heavy atom. The molecule has 0 radical (unpaired) electrons. The van der Waals surface area contributed by atoms with Crippen LogP contribution in [0.25, 0.3) is 10.9 Å². The van der Waals surface area contributed by atoms with Gasteiger partial charge in [-0.2, -0.15) is 4.99 Å². The van der Waals surface area contributed by atoms with Crippen molar-refractivity contribution in [2.45, 2.75) is 20.4 Å². The van der Waals surface area contributed by atoms with Crippen molar-refractivity contribution >= 4 is 34.4 Å². The Bertz CT molecular complexity index is 1040. The van der Waals surface area contributed by atoms with E-state index in [9.17, 15) is 4.79 Å². The number of carbonyl (C=O) groups excluding carboxylic acids is 1. The number of nitrogens with zero attached hydrogens (tertiary/aromatic N) is 2. The van der Waals surface area contributed by atoms with Gasteiger partial charge < -0.3 is 25.2 Å². The molecule has 1 amide bonds. The van der Waals surface area contributed by atoms with Crippen molar-refractivity contribution < 1.29 is 13.9 Å². The number of rotatable bonds is 7. The molecule has 2 aromatic heterocycles. The summed E-state index contributed by atoms with van der Waals surface area (Å²) in [6.45, 7) is 6.81. The molecular formula is C20H24ClN5O3. The van der Waals surface area contributed by atoms with Gasteiger partial charge in [0.2, 0.25) is 0 Å². The number of halogens is 1. The number of ether oxygens (including phenoxy) is 1. The molecular weight excluding hydrogens is 394 g/mol. The minimum Gasteiger partial charge on any atom is -0.429 e. The molecule has 0 spiro atoms. The summed E-state index contributed by atoms with van der Waals surface area (Å²) >= 11 is 6.37. The molecule has 154 valence electrons. The number of fused-ring (bicyclic) bond motifs is 1. The van der Waals surface area contributed by atoms with E-state index >= 15 is 0 Å². The number of aromatic nitrogens is 1. The number of H-pyrrole nitrogens is 1. The van der Waals surface area contributed by atoms with Crippen LogP contribution in [0, 0.1) is 0 Å². The van der Waals surface area contributed by atoms with Crippen LogP contribution in [0.3, 0.4) is 0 Å². The first-order chi connectivity index (χ1) is 13.9. The predicted molar refractivity (Wildman–Crippen MR) is 114 cm³/mol. The maximum absolute atomic E-state index is 12.2. The molecule has 3 rings (SSSR count). The summed E-state index contributed by atoms with van der Waals surface area (Å²) in [5, 5.41) is 3.72. The summed E-state index contributed by atoms with van der Waals surface area (Å²) < 4.78 is 11.6. The molecule has 0 saturated heterocycles. The van der Waals surface area contributed by atoms with Gasteiger partial charge in [-0.25, -0.2) is 0 Å². The highest BCUT2D eigenvalue weighted by Gasteiger charge is 2.14. The Kier molecular flexibility index (Phi) is 6.46. The lowest BCUT2D eigenvalue weighted by molar-refractivity contribution is 0.0998. The average molecular weight is 418 g/mol. The normalized spacial score (nSPS) is 12.0. The van der Waals surface area contributed by atoms with Gasteiger partial charge >= 0.3 is 0 Å². The van der Waals surface area contributed by atoms with Crippen molar-refractivity contribution in [2.24, 2.45) is 10.7 Å². The Labute approximate surface area is 173 Å². The molecule has 9 heteroatoms. The number of amides is 1. The van der Waals surface area contributed by atoms with Gasteiger partial charge in [-0.05, 0) is 25.2 Å². The summed E-state index contributed by atoms with van der Waals surface area (Å²) in [4.78, 5) is 21.2. The maximum atomic E-state index is 12.2. The number of nitrogens with two attached hydrogens (primary N) is 1. The molecule has 29 heavy (non-hydrogen) atoms. The summed E-state index contributed by atoms with van der Waals surface area (Å²) in [5.74, 6) is 1.21. The molecule has 0 atom stereocenters. The van der Waals surface area contributed by atoms with Crippen molar-refractivity contribution in [3.05, 3.63) is 46.8 Å². The highest BCUT2D eigenvalue weighted by atomic mass is 35.5. The Morgan fingerprint density at radius 2 is 2.07 bits per heavy atom. The fraction of sp³-hybridized carbons (Fsp3) is 0.300. The topological polar surface area (TPSA) is 109 Å². The fourth-order valence-corrected chi connectivity index (χ4v) is 3.11. The minimum atomic E-state index is -0.501. The minimum absolute atomic E-state index is 0.0297. The lowest BCUT2D eigenvalue weighted by Crippen LogP contribution is -2.28. The van der Waals surface area contributed by atoms with Gasteiger partial charge in [0.05, 0.1) is 17.1 Å². The number of hydrogen-bond donors (Lipinski definition) is 3. The van der Waals surface area contributed by atoms with E-state index in [-0.39, 0.29) is 11.7 Å². The molecule has 0 unspecified atom stereocenters. The molecule has 0 aliphatic heterocycles. The van der Waals surface area contributed by atoms with Gasteiger partial charge in [-0.3, -0.25) is 9.69 Å². The zero-order chi connectivity index (χ0) is 21.0. The largest absolute Gasteiger partial charge is 0.429 e. The van der Waals surface area contributed by atoms with Crippen LogP contribution in [-0.2, 0) is 6.54 Å². The summed E-state index contributed by atoms with van der Waals surface area (Å²) in [7, 11) is 1.58. The summed E-state index contributed by atoms with van der Waals surface area (Å²) in [6, 6.07) is 8.71. The van der Waals surface area contributed by atoms with Crippen molar-refractivity contribution in [3.8, 4) is 11.7 Å². The second-order valence-corrected chi connectivity index (χ2v) is 6.79. The molecule has 8 nitrogen and oxygen atoms in total. The molecule has 2 heterocycles. The number of nitrogens with one attached hydrogen (secondary N) is 2. The van der Waals surface area contributed by atoms with Crippen LogP contribution >= 0.6 is 11.6 Å². The Balaban J connectivity index is 1.81. The first-order valence-corrected chi connectivity index (χ1v) is 9.68. The first-order valence-electron chi connectivity index (χ1n) is 9.30. The van der Waals surface area contributed by atoms with Gasteiger partial charge in [0.15, 0.2) is 5.96 Å². The number of aromatic amines is 1. The predicted octanol–water partition coefficient (Wildman–Crippen LogP) is 3.72. The van der Waals surface area contributed by atoms with Crippen LogP contribution < -0.4 is 15.8 Å². The van der Waals surface area contributed by atoms with Crippen LogP contribution in [0.1, 0.15) is 30.1 Å². The number of hydrogen-bond acceptors (Lipinski definition) is 4. The van der Waals surface area contributed by atoms with E-state index in [4.69, 9.17) is 26.5 Å². The van der Waals surface area contributed by atoms with E-state index in [0.717, 1.165) is 18.8 Å². The summed E-state index contributed by atoms with van der Waals surface area (Å²) in [5.41, 5.74) is 6.46. The monoisotopic (exact) mass is 417 g/mol.